The molecule has 0 amide bonds. The van der Waals surface area contributed by atoms with Crippen molar-refractivity contribution >= 4 is 17.3 Å². The standard InChI is InChI=1S/C13H14ClN3O/c1-16-12(8-5-6-8)11(15)13(18)17(16)10-4-2-3-9(14)7-10/h2-4,7-8H,5-6,15H2,1H3. The number of hydrogen-bond donors (Lipinski definition) is 1. The Bertz CT molecular complexity index is 667. The van der Waals surface area contributed by atoms with Gasteiger partial charge in [0.05, 0.1) is 11.4 Å². The summed E-state index contributed by atoms with van der Waals surface area (Å²) >= 11 is 5.97. The number of anilines is 1. The van der Waals surface area contributed by atoms with Crippen LogP contribution in [0.15, 0.2) is 29.1 Å². The third-order valence-electron chi connectivity index (χ3n) is 3.36. The lowest BCUT2D eigenvalue weighted by atomic mass is 10.2. The van der Waals surface area contributed by atoms with E-state index >= 15 is 0 Å². The molecule has 0 unspecified atom stereocenters. The van der Waals surface area contributed by atoms with Crippen LogP contribution in [0.3, 0.4) is 0 Å². The van der Waals surface area contributed by atoms with Gasteiger partial charge in [0.15, 0.2) is 0 Å². The molecule has 0 atom stereocenters. The van der Waals surface area contributed by atoms with Crippen LogP contribution in [0.1, 0.15) is 24.5 Å². The van der Waals surface area contributed by atoms with Gasteiger partial charge in [0.25, 0.3) is 5.56 Å². The molecule has 2 N–H and O–H groups in total. The third kappa shape index (κ3) is 1.64. The number of nitrogens with zero attached hydrogens (tertiary/aromatic N) is 2. The minimum Gasteiger partial charge on any atom is -0.393 e. The summed E-state index contributed by atoms with van der Waals surface area (Å²) in [6.45, 7) is 0. The predicted molar refractivity (Wildman–Crippen MR) is 72.4 cm³/mol. The van der Waals surface area contributed by atoms with Crippen LogP contribution in [0.4, 0.5) is 5.69 Å². The molecule has 0 saturated heterocycles. The van der Waals surface area contributed by atoms with E-state index in [2.05, 4.69) is 0 Å². The van der Waals surface area contributed by atoms with Gasteiger partial charge < -0.3 is 5.73 Å². The predicted octanol–water partition coefficient (Wildman–Crippen LogP) is 2.29. The Morgan fingerprint density at radius 2 is 2.11 bits per heavy atom. The van der Waals surface area contributed by atoms with Crippen molar-refractivity contribution in [3.05, 3.63) is 45.3 Å². The maximum Gasteiger partial charge on any atom is 0.294 e. The van der Waals surface area contributed by atoms with Crippen LogP contribution in [0.25, 0.3) is 5.69 Å². The first-order valence-corrected chi connectivity index (χ1v) is 6.30. The molecular formula is C13H14ClN3O. The number of halogens is 1. The highest BCUT2D eigenvalue weighted by Gasteiger charge is 2.31. The third-order valence-corrected chi connectivity index (χ3v) is 3.60. The summed E-state index contributed by atoms with van der Waals surface area (Å²) in [7, 11) is 1.87. The maximum absolute atomic E-state index is 12.2. The fourth-order valence-electron chi connectivity index (χ4n) is 2.38. The first-order valence-electron chi connectivity index (χ1n) is 5.93. The highest BCUT2D eigenvalue weighted by Crippen LogP contribution is 2.41. The lowest BCUT2D eigenvalue weighted by Gasteiger charge is -2.09. The molecule has 18 heavy (non-hydrogen) atoms. The van der Waals surface area contributed by atoms with Crippen molar-refractivity contribution in [2.75, 3.05) is 5.73 Å². The fraction of sp³-hybridized carbons (Fsp3) is 0.308. The molecule has 4 nitrogen and oxygen atoms in total. The van der Waals surface area contributed by atoms with Gasteiger partial charge in [-0.15, -0.1) is 0 Å². The molecule has 1 aromatic carbocycles. The van der Waals surface area contributed by atoms with Crippen LogP contribution >= 0.6 is 11.6 Å². The lowest BCUT2D eigenvalue weighted by molar-refractivity contribution is 0.616. The van der Waals surface area contributed by atoms with Crippen molar-refractivity contribution in [2.45, 2.75) is 18.8 Å². The summed E-state index contributed by atoms with van der Waals surface area (Å²) in [6.07, 6.45) is 2.22. The van der Waals surface area contributed by atoms with Crippen molar-refractivity contribution in [1.82, 2.24) is 9.36 Å². The van der Waals surface area contributed by atoms with Crippen LogP contribution in [0, 0.1) is 0 Å². The normalized spacial score (nSPS) is 15.0. The molecule has 94 valence electrons. The molecule has 0 aliphatic heterocycles. The summed E-state index contributed by atoms with van der Waals surface area (Å²) in [5.41, 5.74) is 7.82. The van der Waals surface area contributed by atoms with E-state index in [0.717, 1.165) is 24.2 Å². The quantitative estimate of drug-likeness (QED) is 0.904. The van der Waals surface area contributed by atoms with Crippen LogP contribution in [0.5, 0.6) is 0 Å². The second-order valence-corrected chi connectivity index (χ2v) is 5.13. The van der Waals surface area contributed by atoms with Crippen molar-refractivity contribution in [3.63, 3.8) is 0 Å². The van der Waals surface area contributed by atoms with E-state index in [-0.39, 0.29) is 5.56 Å². The zero-order chi connectivity index (χ0) is 12.9. The number of benzene rings is 1. The number of nitrogens with two attached hydrogens (primary N) is 1. The molecular weight excluding hydrogens is 250 g/mol. The second-order valence-electron chi connectivity index (χ2n) is 4.69. The Kier molecular flexibility index (Phi) is 2.48. The van der Waals surface area contributed by atoms with Gasteiger partial charge in [-0.3, -0.25) is 9.48 Å². The minimum absolute atomic E-state index is 0.165. The van der Waals surface area contributed by atoms with Gasteiger partial charge in [0.1, 0.15) is 5.69 Å². The topological polar surface area (TPSA) is 52.9 Å². The molecule has 0 bridgehead atoms. The smallest absolute Gasteiger partial charge is 0.294 e. The van der Waals surface area contributed by atoms with E-state index in [1.165, 1.54) is 0 Å². The van der Waals surface area contributed by atoms with Crippen molar-refractivity contribution < 1.29 is 0 Å². The van der Waals surface area contributed by atoms with E-state index < -0.39 is 0 Å². The van der Waals surface area contributed by atoms with E-state index in [9.17, 15) is 4.79 Å². The van der Waals surface area contributed by atoms with Crippen LogP contribution in [0.2, 0.25) is 5.02 Å². The second kappa shape index (κ2) is 3.92. The zero-order valence-electron chi connectivity index (χ0n) is 10.1. The maximum atomic E-state index is 12.2. The lowest BCUT2D eigenvalue weighted by Crippen LogP contribution is -2.20. The Balaban J connectivity index is 2.24. The van der Waals surface area contributed by atoms with Gasteiger partial charge in [-0.1, -0.05) is 17.7 Å². The summed E-state index contributed by atoms with van der Waals surface area (Å²) < 4.78 is 3.43. The molecule has 3 rings (SSSR count). The van der Waals surface area contributed by atoms with Gasteiger partial charge in [-0.05, 0) is 31.0 Å². The number of aromatic nitrogens is 2. The average Bonchev–Trinajstić information content (AvgIpc) is 3.10. The number of nitrogen functional groups attached to an aromatic ring is 1. The Hall–Kier alpha value is -1.68. The van der Waals surface area contributed by atoms with E-state index in [1.807, 2.05) is 23.9 Å². The monoisotopic (exact) mass is 263 g/mol. The summed E-state index contributed by atoms with van der Waals surface area (Å²) in [4.78, 5) is 12.2. The molecule has 0 radical (unpaired) electrons. The van der Waals surface area contributed by atoms with Crippen molar-refractivity contribution in [2.24, 2.45) is 7.05 Å². The largest absolute Gasteiger partial charge is 0.393 e. The average molecular weight is 264 g/mol. The van der Waals surface area contributed by atoms with E-state index in [0.29, 0.717) is 16.6 Å². The Labute approximate surface area is 110 Å². The molecule has 0 spiro atoms. The Morgan fingerprint density at radius 1 is 1.39 bits per heavy atom. The van der Waals surface area contributed by atoms with E-state index in [4.69, 9.17) is 17.3 Å². The SMILES string of the molecule is Cn1c(C2CC2)c(N)c(=O)n1-c1cccc(Cl)c1. The number of hydrogen-bond acceptors (Lipinski definition) is 2. The number of rotatable bonds is 2. The van der Waals surface area contributed by atoms with Gasteiger partial charge >= 0.3 is 0 Å². The van der Waals surface area contributed by atoms with Crippen molar-refractivity contribution in [3.8, 4) is 5.69 Å². The molecule has 5 heteroatoms. The van der Waals surface area contributed by atoms with Crippen LogP contribution < -0.4 is 11.3 Å². The molecule has 1 aromatic heterocycles. The zero-order valence-corrected chi connectivity index (χ0v) is 10.8. The first kappa shape index (κ1) is 11.4. The Morgan fingerprint density at radius 3 is 2.72 bits per heavy atom. The van der Waals surface area contributed by atoms with Gasteiger partial charge in [-0.25, -0.2) is 4.68 Å². The molecule has 2 aromatic rings. The first-order chi connectivity index (χ1) is 8.59. The molecule has 1 heterocycles. The van der Waals surface area contributed by atoms with Crippen LogP contribution in [-0.2, 0) is 7.05 Å². The summed E-state index contributed by atoms with van der Waals surface area (Å²) in [6, 6.07) is 7.22. The van der Waals surface area contributed by atoms with Crippen molar-refractivity contribution in [1.29, 1.82) is 0 Å². The summed E-state index contributed by atoms with van der Waals surface area (Å²) in [5, 5.41) is 0.604. The highest BCUT2D eigenvalue weighted by molar-refractivity contribution is 6.30. The summed E-state index contributed by atoms with van der Waals surface area (Å²) in [5.74, 6) is 0.433. The molecule has 1 saturated carbocycles. The van der Waals surface area contributed by atoms with Crippen LogP contribution in [-0.4, -0.2) is 9.36 Å². The molecule has 1 aliphatic carbocycles. The van der Waals surface area contributed by atoms with Gasteiger partial charge in [0, 0.05) is 18.0 Å². The highest BCUT2D eigenvalue weighted by atomic mass is 35.5. The molecule has 1 fully saturated rings. The van der Waals surface area contributed by atoms with E-state index in [1.54, 1.807) is 16.8 Å². The van der Waals surface area contributed by atoms with Gasteiger partial charge in [0.2, 0.25) is 0 Å². The minimum atomic E-state index is -0.165. The molecule has 1 aliphatic rings. The fourth-order valence-corrected chi connectivity index (χ4v) is 2.57. The van der Waals surface area contributed by atoms with Gasteiger partial charge in [-0.2, -0.15) is 0 Å².